The van der Waals surface area contributed by atoms with Crippen LogP contribution in [0.3, 0.4) is 0 Å². The maximum Gasteiger partial charge on any atom is 0.254 e. The van der Waals surface area contributed by atoms with Crippen LogP contribution in [-0.4, -0.2) is 30.7 Å². The first-order chi connectivity index (χ1) is 8.17. The van der Waals surface area contributed by atoms with Crippen molar-refractivity contribution in [3.63, 3.8) is 0 Å². The molecule has 1 heterocycles. The van der Waals surface area contributed by atoms with Gasteiger partial charge >= 0.3 is 0 Å². The summed E-state index contributed by atoms with van der Waals surface area (Å²) in [5.74, 6) is 1.01. The first kappa shape index (κ1) is 12.0. The van der Waals surface area contributed by atoms with Crippen molar-refractivity contribution < 1.29 is 14.3 Å². The minimum atomic E-state index is -0.0461. The van der Waals surface area contributed by atoms with Crippen molar-refractivity contribution in [3.8, 4) is 11.5 Å². The van der Waals surface area contributed by atoms with Crippen LogP contribution < -0.4 is 9.47 Å². The van der Waals surface area contributed by atoms with Gasteiger partial charge in [-0.3, -0.25) is 4.79 Å². The van der Waals surface area contributed by atoms with Crippen LogP contribution >= 0.6 is 11.6 Å². The lowest BCUT2D eigenvalue weighted by molar-refractivity contribution is 0.0772. The minimum absolute atomic E-state index is 0.0461. The van der Waals surface area contributed by atoms with Gasteiger partial charge in [-0.05, 0) is 26.0 Å². The van der Waals surface area contributed by atoms with Crippen molar-refractivity contribution in [2.45, 2.75) is 13.8 Å². The molecule has 92 valence electrons. The molecule has 2 rings (SSSR count). The Bertz CT molecular complexity index is 444. The van der Waals surface area contributed by atoms with E-state index in [1.807, 2.05) is 13.8 Å². The largest absolute Gasteiger partial charge is 0.454 e. The molecule has 4 nitrogen and oxygen atoms in total. The molecule has 1 aliphatic heterocycles. The van der Waals surface area contributed by atoms with E-state index in [9.17, 15) is 4.79 Å². The summed E-state index contributed by atoms with van der Waals surface area (Å²) in [5, 5.41) is 0.413. The number of benzene rings is 1. The molecular formula is C12H14ClNO3. The summed E-state index contributed by atoms with van der Waals surface area (Å²) in [6.07, 6.45) is 0. The number of nitrogens with zero attached hydrogens (tertiary/aromatic N) is 1. The standard InChI is InChI=1S/C12H14ClNO3/c1-3-14(4-2)12(15)8-5-9(13)11-10(6-8)16-7-17-11/h5-6H,3-4,7H2,1-2H3. The second kappa shape index (κ2) is 4.84. The molecule has 0 spiro atoms. The van der Waals surface area contributed by atoms with E-state index in [1.54, 1.807) is 17.0 Å². The van der Waals surface area contributed by atoms with E-state index >= 15 is 0 Å². The lowest BCUT2D eigenvalue weighted by Gasteiger charge is -2.18. The SMILES string of the molecule is CCN(CC)C(=O)c1cc(Cl)c2c(c1)OCO2. The van der Waals surface area contributed by atoms with Gasteiger partial charge in [0.25, 0.3) is 5.91 Å². The molecule has 0 atom stereocenters. The molecule has 0 saturated carbocycles. The normalized spacial score (nSPS) is 12.6. The number of halogens is 1. The fourth-order valence-corrected chi connectivity index (χ4v) is 2.05. The predicted molar refractivity (Wildman–Crippen MR) is 64.8 cm³/mol. The summed E-state index contributed by atoms with van der Waals surface area (Å²) in [6.45, 7) is 5.37. The zero-order chi connectivity index (χ0) is 12.4. The highest BCUT2D eigenvalue weighted by Gasteiger charge is 2.22. The van der Waals surface area contributed by atoms with Gasteiger partial charge in [0.1, 0.15) is 0 Å². The second-order valence-electron chi connectivity index (χ2n) is 3.67. The highest BCUT2D eigenvalue weighted by atomic mass is 35.5. The van der Waals surface area contributed by atoms with Crippen LogP contribution in [0.2, 0.25) is 5.02 Å². The molecule has 0 aromatic heterocycles. The number of hydrogen-bond acceptors (Lipinski definition) is 3. The smallest absolute Gasteiger partial charge is 0.254 e. The number of carbonyl (C=O) groups is 1. The molecular weight excluding hydrogens is 242 g/mol. The number of ether oxygens (including phenoxy) is 2. The van der Waals surface area contributed by atoms with Gasteiger partial charge in [0.15, 0.2) is 11.5 Å². The average molecular weight is 256 g/mol. The highest BCUT2D eigenvalue weighted by Crippen LogP contribution is 2.39. The van der Waals surface area contributed by atoms with Gasteiger partial charge in [-0.25, -0.2) is 0 Å². The highest BCUT2D eigenvalue weighted by molar-refractivity contribution is 6.32. The fraction of sp³-hybridized carbons (Fsp3) is 0.417. The molecule has 0 bridgehead atoms. The molecule has 1 aromatic rings. The summed E-state index contributed by atoms with van der Waals surface area (Å²) in [7, 11) is 0. The summed E-state index contributed by atoms with van der Waals surface area (Å²) >= 11 is 6.03. The maximum atomic E-state index is 12.1. The van der Waals surface area contributed by atoms with Crippen LogP contribution in [0.15, 0.2) is 12.1 Å². The number of fused-ring (bicyclic) bond motifs is 1. The Labute approximate surface area is 105 Å². The van der Waals surface area contributed by atoms with Crippen LogP contribution in [0, 0.1) is 0 Å². The topological polar surface area (TPSA) is 38.8 Å². The molecule has 1 aromatic carbocycles. The van der Waals surface area contributed by atoms with Crippen LogP contribution in [0.5, 0.6) is 11.5 Å². The lowest BCUT2D eigenvalue weighted by Crippen LogP contribution is -2.30. The third-order valence-corrected chi connectivity index (χ3v) is 3.01. The van der Waals surface area contributed by atoms with Crippen LogP contribution in [-0.2, 0) is 0 Å². The Morgan fingerprint density at radius 1 is 1.35 bits per heavy atom. The first-order valence-electron chi connectivity index (χ1n) is 5.55. The van der Waals surface area contributed by atoms with Crippen molar-refractivity contribution in [2.75, 3.05) is 19.9 Å². The van der Waals surface area contributed by atoms with Gasteiger partial charge in [-0.1, -0.05) is 11.6 Å². The number of amides is 1. The summed E-state index contributed by atoms with van der Waals surface area (Å²) in [4.78, 5) is 13.9. The van der Waals surface area contributed by atoms with Gasteiger partial charge in [0.05, 0.1) is 5.02 Å². The van der Waals surface area contributed by atoms with E-state index in [-0.39, 0.29) is 12.7 Å². The minimum Gasteiger partial charge on any atom is -0.454 e. The molecule has 0 aliphatic carbocycles. The summed E-state index contributed by atoms with van der Waals surface area (Å²) < 4.78 is 10.4. The predicted octanol–water partition coefficient (Wildman–Crippen LogP) is 2.55. The number of carbonyl (C=O) groups excluding carboxylic acids is 1. The maximum absolute atomic E-state index is 12.1. The van der Waals surface area contributed by atoms with Crippen molar-refractivity contribution in [2.24, 2.45) is 0 Å². The first-order valence-corrected chi connectivity index (χ1v) is 5.93. The van der Waals surface area contributed by atoms with E-state index in [1.165, 1.54) is 0 Å². The Balaban J connectivity index is 2.34. The van der Waals surface area contributed by atoms with Gasteiger partial charge < -0.3 is 14.4 Å². The van der Waals surface area contributed by atoms with Crippen molar-refractivity contribution in [3.05, 3.63) is 22.7 Å². The van der Waals surface area contributed by atoms with Crippen molar-refractivity contribution in [1.29, 1.82) is 0 Å². The van der Waals surface area contributed by atoms with Gasteiger partial charge in [-0.15, -0.1) is 0 Å². The van der Waals surface area contributed by atoms with E-state index in [4.69, 9.17) is 21.1 Å². The van der Waals surface area contributed by atoms with Crippen LogP contribution in [0.4, 0.5) is 0 Å². The molecule has 1 aliphatic rings. The molecule has 0 fully saturated rings. The van der Waals surface area contributed by atoms with E-state index in [0.29, 0.717) is 35.2 Å². The number of rotatable bonds is 3. The zero-order valence-corrected chi connectivity index (χ0v) is 10.6. The van der Waals surface area contributed by atoms with Crippen molar-refractivity contribution in [1.82, 2.24) is 4.90 Å². The molecule has 0 unspecified atom stereocenters. The number of hydrogen-bond donors (Lipinski definition) is 0. The Morgan fingerprint density at radius 3 is 2.71 bits per heavy atom. The molecule has 1 amide bonds. The van der Waals surface area contributed by atoms with Gasteiger partial charge in [0.2, 0.25) is 6.79 Å². The average Bonchev–Trinajstić information content (AvgIpc) is 2.79. The molecule has 0 radical (unpaired) electrons. The van der Waals surface area contributed by atoms with Crippen LogP contribution in [0.1, 0.15) is 24.2 Å². The Hall–Kier alpha value is -1.42. The summed E-state index contributed by atoms with van der Waals surface area (Å²) in [6, 6.07) is 3.30. The van der Waals surface area contributed by atoms with Crippen LogP contribution in [0.25, 0.3) is 0 Å². The fourth-order valence-electron chi connectivity index (χ4n) is 1.78. The Morgan fingerprint density at radius 2 is 2.06 bits per heavy atom. The van der Waals surface area contributed by atoms with E-state index < -0.39 is 0 Å². The molecule has 5 heteroatoms. The second-order valence-corrected chi connectivity index (χ2v) is 4.08. The van der Waals surface area contributed by atoms with E-state index in [0.717, 1.165) is 0 Å². The third-order valence-electron chi connectivity index (χ3n) is 2.72. The zero-order valence-electron chi connectivity index (χ0n) is 9.83. The Kier molecular flexibility index (Phi) is 3.43. The molecule has 0 N–H and O–H groups in total. The third kappa shape index (κ3) is 2.17. The molecule has 17 heavy (non-hydrogen) atoms. The quantitative estimate of drug-likeness (QED) is 0.833. The van der Waals surface area contributed by atoms with E-state index in [2.05, 4.69) is 0 Å². The van der Waals surface area contributed by atoms with Crippen molar-refractivity contribution >= 4 is 17.5 Å². The van der Waals surface area contributed by atoms with Gasteiger partial charge in [0, 0.05) is 18.7 Å². The lowest BCUT2D eigenvalue weighted by atomic mass is 10.1. The monoisotopic (exact) mass is 255 g/mol. The summed E-state index contributed by atoms with van der Waals surface area (Å²) in [5.41, 5.74) is 0.531. The van der Waals surface area contributed by atoms with Gasteiger partial charge in [-0.2, -0.15) is 0 Å². The molecule has 0 saturated heterocycles.